The lowest BCUT2D eigenvalue weighted by molar-refractivity contribution is 0.660. The zero-order chi connectivity index (χ0) is 43.9. The topological polar surface area (TPSA) is 21.3 Å². The average molecular weight is 845 g/mol. The van der Waals surface area contributed by atoms with Crippen LogP contribution in [0, 0.1) is 0 Å². The van der Waals surface area contributed by atoms with Crippen LogP contribution in [0.4, 0.5) is 17.1 Å². The molecule has 0 atom stereocenters. The number of fused-ring (bicyclic) bond motifs is 9. The molecule has 10 aromatic carbocycles. The van der Waals surface area contributed by atoms with Crippen molar-refractivity contribution in [2.24, 2.45) is 0 Å². The molecule has 3 heteroatoms. The van der Waals surface area contributed by atoms with Gasteiger partial charge < -0.3 is 13.9 Å². The van der Waals surface area contributed by atoms with E-state index in [0.29, 0.717) is 0 Å². The Morgan fingerprint density at radius 3 is 1.56 bits per heavy atom. The van der Waals surface area contributed by atoms with Gasteiger partial charge in [0, 0.05) is 49.7 Å². The van der Waals surface area contributed by atoms with Gasteiger partial charge in [-0.2, -0.15) is 0 Å². The monoisotopic (exact) mass is 844 g/mol. The van der Waals surface area contributed by atoms with E-state index in [1.807, 2.05) is 12.1 Å². The summed E-state index contributed by atoms with van der Waals surface area (Å²) in [6, 6.07) is 83.9. The normalized spacial score (nSPS) is 12.8. The van der Waals surface area contributed by atoms with Gasteiger partial charge in [-0.25, -0.2) is 0 Å². The molecule has 0 spiro atoms. The van der Waals surface area contributed by atoms with Crippen LogP contribution < -0.4 is 4.90 Å². The highest BCUT2D eigenvalue weighted by molar-refractivity contribution is 6.12. The molecule has 1 aliphatic rings. The summed E-state index contributed by atoms with van der Waals surface area (Å²) >= 11 is 0. The van der Waals surface area contributed by atoms with Crippen molar-refractivity contribution in [1.82, 2.24) is 4.57 Å². The fourth-order valence-corrected chi connectivity index (χ4v) is 10.7. The van der Waals surface area contributed by atoms with Crippen molar-refractivity contribution in [3.8, 4) is 50.2 Å². The number of furan rings is 1. The number of hydrogen-bond donors (Lipinski definition) is 0. The Bertz CT molecular complexity index is 3820. The van der Waals surface area contributed by atoms with Crippen LogP contribution in [-0.4, -0.2) is 4.57 Å². The third-order valence-electron chi connectivity index (χ3n) is 14.0. The van der Waals surface area contributed by atoms with Crippen LogP contribution in [0.3, 0.4) is 0 Å². The molecule has 12 aromatic rings. The maximum Gasteiger partial charge on any atom is 0.136 e. The Kier molecular flexibility index (Phi) is 8.56. The highest BCUT2D eigenvalue weighted by Gasteiger charge is 2.35. The largest absolute Gasteiger partial charge is 0.456 e. The SMILES string of the molecule is CC1(C)c2ccccc2-c2ccc(N(c3ccc(-c4ccccc4)cc3)c3ccc(-c4ccc5c(c4)c4cc(-c6ccc7c(c6)oc6ccccc67)ccc4n5-c4ccccc4)cc3)cc21. The van der Waals surface area contributed by atoms with Crippen LogP contribution in [0.15, 0.2) is 235 Å². The fourth-order valence-electron chi connectivity index (χ4n) is 10.7. The second-order valence-electron chi connectivity index (χ2n) is 18.1. The molecule has 0 saturated heterocycles. The molecule has 312 valence electrons. The zero-order valence-electron chi connectivity index (χ0n) is 36.7. The highest BCUT2D eigenvalue weighted by Crippen LogP contribution is 2.51. The lowest BCUT2D eigenvalue weighted by atomic mass is 9.82. The number of rotatable bonds is 7. The molecule has 3 nitrogen and oxygen atoms in total. The van der Waals surface area contributed by atoms with Gasteiger partial charge in [-0.1, -0.05) is 153 Å². The van der Waals surface area contributed by atoms with Crippen LogP contribution in [0.5, 0.6) is 0 Å². The van der Waals surface area contributed by atoms with Gasteiger partial charge in [0.25, 0.3) is 0 Å². The van der Waals surface area contributed by atoms with E-state index >= 15 is 0 Å². The van der Waals surface area contributed by atoms with Crippen LogP contribution >= 0.6 is 0 Å². The molecule has 0 radical (unpaired) electrons. The summed E-state index contributed by atoms with van der Waals surface area (Å²) in [5, 5.41) is 4.70. The van der Waals surface area contributed by atoms with Crippen LogP contribution in [-0.2, 0) is 5.41 Å². The van der Waals surface area contributed by atoms with Crippen molar-refractivity contribution in [2.45, 2.75) is 19.3 Å². The van der Waals surface area contributed by atoms with Gasteiger partial charge in [0.2, 0.25) is 0 Å². The van der Waals surface area contributed by atoms with Gasteiger partial charge in [-0.3, -0.25) is 0 Å². The minimum absolute atomic E-state index is 0.111. The van der Waals surface area contributed by atoms with E-state index in [1.165, 1.54) is 60.8 Å². The van der Waals surface area contributed by atoms with Crippen molar-refractivity contribution in [3.63, 3.8) is 0 Å². The maximum atomic E-state index is 6.32. The summed E-state index contributed by atoms with van der Waals surface area (Å²) in [6.07, 6.45) is 0. The van der Waals surface area contributed by atoms with Gasteiger partial charge in [0.1, 0.15) is 11.2 Å². The molecule has 2 aromatic heterocycles. The molecule has 1 aliphatic carbocycles. The predicted octanol–water partition coefficient (Wildman–Crippen LogP) is 17.5. The zero-order valence-corrected chi connectivity index (χ0v) is 36.7. The smallest absolute Gasteiger partial charge is 0.136 e. The first kappa shape index (κ1) is 38.1. The molecule has 0 amide bonds. The van der Waals surface area contributed by atoms with Gasteiger partial charge in [0.05, 0.1) is 11.0 Å². The Balaban J connectivity index is 0.916. The quantitative estimate of drug-likeness (QED) is 0.159. The third-order valence-corrected chi connectivity index (χ3v) is 14.0. The van der Waals surface area contributed by atoms with Crippen molar-refractivity contribution >= 4 is 60.8 Å². The summed E-state index contributed by atoms with van der Waals surface area (Å²) in [5.41, 5.74) is 21.0. The predicted molar refractivity (Wildman–Crippen MR) is 277 cm³/mol. The van der Waals surface area contributed by atoms with Gasteiger partial charge >= 0.3 is 0 Å². The summed E-state index contributed by atoms with van der Waals surface area (Å²) in [7, 11) is 0. The Morgan fingerprint density at radius 2 is 0.848 bits per heavy atom. The van der Waals surface area contributed by atoms with Crippen molar-refractivity contribution in [1.29, 1.82) is 0 Å². The summed E-state index contributed by atoms with van der Waals surface area (Å²) in [5.74, 6) is 0. The maximum absolute atomic E-state index is 6.32. The van der Waals surface area contributed by atoms with E-state index < -0.39 is 0 Å². The molecule has 0 aliphatic heterocycles. The minimum Gasteiger partial charge on any atom is -0.456 e. The second kappa shape index (κ2) is 14.8. The van der Waals surface area contributed by atoms with Gasteiger partial charge in [-0.15, -0.1) is 0 Å². The number of para-hydroxylation sites is 2. The highest BCUT2D eigenvalue weighted by atomic mass is 16.3. The summed E-state index contributed by atoms with van der Waals surface area (Å²) < 4.78 is 8.71. The molecular formula is C63H44N2O. The Hall–Kier alpha value is -8.40. The fraction of sp³-hybridized carbons (Fsp3) is 0.0476. The van der Waals surface area contributed by atoms with E-state index in [-0.39, 0.29) is 5.41 Å². The molecule has 0 saturated carbocycles. The first-order valence-electron chi connectivity index (χ1n) is 22.8. The molecule has 0 N–H and O–H groups in total. The van der Waals surface area contributed by atoms with Crippen molar-refractivity contribution in [2.75, 3.05) is 4.90 Å². The lowest BCUT2D eigenvalue weighted by Gasteiger charge is -2.28. The van der Waals surface area contributed by atoms with Crippen LogP contribution in [0.1, 0.15) is 25.0 Å². The second-order valence-corrected chi connectivity index (χ2v) is 18.1. The van der Waals surface area contributed by atoms with Gasteiger partial charge in [-0.05, 0) is 147 Å². The number of aromatic nitrogens is 1. The minimum atomic E-state index is -0.111. The number of anilines is 3. The summed E-state index contributed by atoms with van der Waals surface area (Å²) in [4.78, 5) is 2.40. The average Bonchev–Trinajstić information content (AvgIpc) is 3.99. The van der Waals surface area contributed by atoms with E-state index in [2.05, 4.69) is 242 Å². The van der Waals surface area contributed by atoms with Crippen LogP contribution in [0.2, 0.25) is 0 Å². The van der Waals surface area contributed by atoms with Crippen molar-refractivity contribution < 1.29 is 4.42 Å². The number of nitrogens with zero attached hydrogens (tertiary/aromatic N) is 2. The van der Waals surface area contributed by atoms with Gasteiger partial charge in [0.15, 0.2) is 0 Å². The molecule has 2 heterocycles. The standard InChI is InChI=1S/C63H44N2O/c1-63(2)57-19-11-9-17-51(57)52-34-32-50(40-58(52)63)64(48-28-21-42(22-29-48)41-13-5-3-6-14-41)49-30-23-43(24-31-49)44-26-35-59-55(37-44)56-38-45(27-36-60(56)65(59)47-15-7-4-8-16-47)46-25-33-54-53-18-10-12-20-61(53)66-62(54)39-46/h3-40H,1-2H3. The molecule has 0 unspecified atom stereocenters. The Labute approximate surface area is 384 Å². The molecule has 0 fully saturated rings. The van der Waals surface area contributed by atoms with Crippen LogP contribution in [0.25, 0.3) is 93.9 Å². The number of benzene rings is 10. The molecule has 66 heavy (non-hydrogen) atoms. The van der Waals surface area contributed by atoms with E-state index in [9.17, 15) is 0 Å². The molecule has 0 bridgehead atoms. The Morgan fingerprint density at radius 1 is 0.348 bits per heavy atom. The first-order chi connectivity index (χ1) is 32.5. The van der Waals surface area contributed by atoms with Crippen molar-refractivity contribution in [3.05, 3.63) is 242 Å². The molecular weight excluding hydrogens is 801 g/mol. The van der Waals surface area contributed by atoms with E-state index in [1.54, 1.807) is 0 Å². The lowest BCUT2D eigenvalue weighted by Crippen LogP contribution is -2.16. The van der Waals surface area contributed by atoms with E-state index in [0.717, 1.165) is 61.4 Å². The summed E-state index contributed by atoms with van der Waals surface area (Å²) in [6.45, 7) is 4.70. The van der Waals surface area contributed by atoms with E-state index in [4.69, 9.17) is 4.42 Å². The first-order valence-corrected chi connectivity index (χ1v) is 22.8. The molecule has 13 rings (SSSR count). The number of hydrogen-bond acceptors (Lipinski definition) is 2. The third kappa shape index (κ3) is 6.04.